The van der Waals surface area contributed by atoms with Crippen molar-refractivity contribution >= 4 is 11.2 Å². The SMILES string of the molecule is CCn1c(C)nc2[nH]c(-c3ccccc3)cc(=O)c21. The second kappa shape index (κ2) is 4.39. The first-order chi connectivity index (χ1) is 9.20. The van der Waals surface area contributed by atoms with Gasteiger partial charge in [-0.05, 0) is 19.4 Å². The first-order valence-electron chi connectivity index (χ1n) is 6.36. The summed E-state index contributed by atoms with van der Waals surface area (Å²) >= 11 is 0. The van der Waals surface area contributed by atoms with Crippen molar-refractivity contribution in [3.63, 3.8) is 0 Å². The molecule has 4 heteroatoms. The van der Waals surface area contributed by atoms with Crippen molar-refractivity contribution in [2.24, 2.45) is 0 Å². The van der Waals surface area contributed by atoms with Crippen LogP contribution >= 0.6 is 0 Å². The highest BCUT2D eigenvalue weighted by Gasteiger charge is 2.11. The van der Waals surface area contributed by atoms with E-state index < -0.39 is 0 Å². The van der Waals surface area contributed by atoms with E-state index in [2.05, 4.69) is 9.97 Å². The minimum absolute atomic E-state index is 0.00931. The molecule has 19 heavy (non-hydrogen) atoms. The normalized spacial score (nSPS) is 11.1. The van der Waals surface area contributed by atoms with Crippen molar-refractivity contribution in [1.29, 1.82) is 0 Å². The maximum Gasteiger partial charge on any atom is 0.208 e. The van der Waals surface area contributed by atoms with E-state index >= 15 is 0 Å². The molecule has 0 fully saturated rings. The van der Waals surface area contributed by atoms with Crippen LogP contribution < -0.4 is 5.43 Å². The molecule has 3 aromatic rings. The minimum atomic E-state index is 0.00931. The third-order valence-electron chi connectivity index (χ3n) is 3.32. The van der Waals surface area contributed by atoms with Crippen LogP contribution in [0.25, 0.3) is 22.4 Å². The zero-order valence-electron chi connectivity index (χ0n) is 11.0. The minimum Gasteiger partial charge on any atom is -0.338 e. The number of hydrogen-bond acceptors (Lipinski definition) is 2. The van der Waals surface area contributed by atoms with Gasteiger partial charge < -0.3 is 9.55 Å². The second-order valence-corrected chi connectivity index (χ2v) is 4.51. The van der Waals surface area contributed by atoms with Gasteiger partial charge in [0, 0.05) is 12.6 Å². The lowest BCUT2D eigenvalue weighted by Gasteiger charge is -2.03. The largest absolute Gasteiger partial charge is 0.338 e. The van der Waals surface area contributed by atoms with Gasteiger partial charge >= 0.3 is 0 Å². The van der Waals surface area contributed by atoms with Gasteiger partial charge in [0.25, 0.3) is 0 Å². The van der Waals surface area contributed by atoms with E-state index in [9.17, 15) is 4.79 Å². The van der Waals surface area contributed by atoms with Crippen molar-refractivity contribution in [3.8, 4) is 11.3 Å². The fourth-order valence-corrected chi connectivity index (χ4v) is 2.42. The molecule has 0 bridgehead atoms. The first-order valence-corrected chi connectivity index (χ1v) is 6.36. The molecule has 0 aliphatic carbocycles. The third-order valence-corrected chi connectivity index (χ3v) is 3.32. The predicted octanol–water partition coefficient (Wildman–Crippen LogP) is 2.72. The number of nitrogens with one attached hydrogen (secondary N) is 1. The molecule has 2 heterocycles. The Morgan fingerprint density at radius 2 is 2.00 bits per heavy atom. The van der Waals surface area contributed by atoms with Gasteiger partial charge in [-0.1, -0.05) is 30.3 Å². The molecule has 0 spiro atoms. The number of nitrogens with zero attached hydrogens (tertiary/aromatic N) is 2. The van der Waals surface area contributed by atoms with Gasteiger partial charge in [0.2, 0.25) is 5.43 Å². The summed E-state index contributed by atoms with van der Waals surface area (Å²) in [6.45, 7) is 4.67. The average molecular weight is 253 g/mol. The molecule has 0 aliphatic rings. The molecular formula is C15H15N3O. The van der Waals surface area contributed by atoms with E-state index in [-0.39, 0.29) is 5.43 Å². The number of rotatable bonds is 2. The average Bonchev–Trinajstić information content (AvgIpc) is 2.75. The summed E-state index contributed by atoms with van der Waals surface area (Å²) in [5.74, 6) is 0.857. The lowest BCUT2D eigenvalue weighted by Crippen LogP contribution is -2.08. The van der Waals surface area contributed by atoms with Crippen molar-refractivity contribution in [3.05, 3.63) is 52.4 Å². The number of aromatic amines is 1. The van der Waals surface area contributed by atoms with E-state index in [0.717, 1.165) is 23.6 Å². The molecule has 4 nitrogen and oxygen atoms in total. The standard InChI is InChI=1S/C15H15N3O/c1-3-18-10(2)16-15-14(18)13(19)9-12(17-15)11-7-5-4-6-8-11/h4-9H,3H2,1-2H3,(H,17,19). The van der Waals surface area contributed by atoms with Crippen molar-refractivity contribution in [2.75, 3.05) is 0 Å². The Kier molecular flexibility index (Phi) is 2.71. The third kappa shape index (κ3) is 1.85. The van der Waals surface area contributed by atoms with E-state index in [0.29, 0.717) is 11.2 Å². The summed E-state index contributed by atoms with van der Waals surface area (Å²) in [7, 11) is 0. The topological polar surface area (TPSA) is 50.7 Å². The summed E-state index contributed by atoms with van der Waals surface area (Å²) in [5, 5.41) is 0. The number of aryl methyl sites for hydroxylation is 2. The summed E-state index contributed by atoms with van der Waals surface area (Å²) in [6, 6.07) is 11.4. The Balaban J connectivity index is 2.30. The highest BCUT2D eigenvalue weighted by Crippen LogP contribution is 2.18. The number of fused-ring (bicyclic) bond motifs is 1. The summed E-state index contributed by atoms with van der Waals surface area (Å²) in [5.41, 5.74) is 3.12. The number of aromatic nitrogens is 3. The maximum absolute atomic E-state index is 12.3. The molecule has 2 aromatic heterocycles. The Hall–Kier alpha value is -2.36. The molecule has 0 amide bonds. The van der Waals surface area contributed by atoms with E-state index in [4.69, 9.17) is 0 Å². The van der Waals surface area contributed by atoms with Crippen LogP contribution in [0.15, 0.2) is 41.2 Å². The molecule has 96 valence electrons. The molecule has 0 saturated carbocycles. The fraction of sp³-hybridized carbons (Fsp3) is 0.200. The van der Waals surface area contributed by atoms with Crippen LogP contribution in [0, 0.1) is 6.92 Å². The van der Waals surface area contributed by atoms with Crippen molar-refractivity contribution in [1.82, 2.24) is 14.5 Å². The Labute approximate surface area is 110 Å². The van der Waals surface area contributed by atoms with Crippen LogP contribution in [0.4, 0.5) is 0 Å². The van der Waals surface area contributed by atoms with E-state index in [1.54, 1.807) is 6.07 Å². The fourth-order valence-electron chi connectivity index (χ4n) is 2.42. The van der Waals surface area contributed by atoms with Gasteiger partial charge in [-0.2, -0.15) is 0 Å². The molecule has 0 atom stereocenters. The van der Waals surface area contributed by atoms with Gasteiger partial charge in [0.15, 0.2) is 5.65 Å². The Morgan fingerprint density at radius 3 is 2.68 bits per heavy atom. The summed E-state index contributed by atoms with van der Waals surface area (Å²) < 4.78 is 1.93. The number of hydrogen-bond donors (Lipinski definition) is 1. The van der Waals surface area contributed by atoms with Gasteiger partial charge in [-0.15, -0.1) is 0 Å². The van der Waals surface area contributed by atoms with Gasteiger partial charge in [0.05, 0.1) is 5.69 Å². The van der Waals surface area contributed by atoms with Crippen LogP contribution in [0.3, 0.4) is 0 Å². The zero-order chi connectivity index (χ0) is 13.4. The first kappa shape index (κ1) is 11.7. The molecule has 3 rings (SSSR count). The highest BCUT2D eigenvalue weighted by molar-refractivity contribution is 5.76. The molecular weight excluding hydrogens is 238 g/mol. The Bertz CT molecular complexity index is 784. The van der Waals surface area contributed by atoms with Crippen molar-refractivity contribution in [2.45, 2.75) is 20.4 Å². The lowest BCUT2D eigenvalue weighted by atomic mass is 10.1. The van der Waals surface area contributed by atoms with Crippen LogP contribution in [-0.4, -0.2) is 14.5 Å². The second-order valence-electron chi connectivity index (χ2n) is 4.51. The summed E-state index contributed by atoms with van der Waals surface area (Å²) in [4.78, 5) is 20.0. The lowest BCUT2D eigenvalue weighted by molar-refractivity contribution is 0.752. The van der Waals surface area contributed by atoms with Crippen LogP contribution in [0.2, 0.25) is 0 Å². The van der Waals surface area contributed by atoms with Crippen LogP contribution in [0.1, 0.15) is 12.7 Å². The maximum atomic E-state index is 12.3. The van der Waals surface area contributed by atoms with Crippen LogP contribution in [-0.2, 0) is 6.54 Å². The molecule has 0 unspecified atom stereocenters. The number of H-pyrrole nitrogens is 1. The smallest absolute Gasteiger partial charge is 0.208 e. The molecule has 1 N–H and O–H groups in total. The van der Waals surface area contributed by atoms with Gasteiger partial charge in [-0.25, -0.2) is 4.98 Å². The number of imidazole rings is 1. The summed E-state index contributed by atoms with van der Waals surface area (Å²) in [6.07, 6.45) is 0. The monoisotopic (exact) mass is 253 g/mol. The molecule has 0 saturated heterocycles. The molecule has 0 radical (unpaired) electrons. The predicted molar refractivity (Wildman–Crippen MR) is 76.2 cm³/mol. The molecule has 1 aromatic carbocycles. The number of pyridine rings is 1. The van der Waals surface area contributed by atoms with E-state index in [1.807, 2.05) is 48.7 Å². The quantitative estimate of drug-likeness (QED) is 0.763. The van der Waals surface area contributed by atoms with Gasteiger partial charge in [-0.3, -0.25) is 4.79 Å². The van der Waals surface area contributed by atoms with Crippen molar-refractivity contribution < 1.29 is 0 Å². The zero-order valence-corrected chi connectivity index (χ0v) is 11.0. The van der Waals surface area contributed by atoms with E-state index in [1.165, 1.54) is 0 Å². The Morgan fingerprint density at radius 1 is 1.26 bits per heavy atom. The highest BCUT2D eigenvalue weighted by atomic mass is 16.1. The molecule has 0 aliphatic heterocycles. The van der Waals surface area contributed by atoms with Gasteiger partial charge in [0.1, 0.15) is 11.3 Å². The number of benzene rings is 1. The van der Waals surface area contributed by atoms with Crippen LogP contribution in [0.5, 0.6) is 0 Å².